The number of para-hydroxylation sites is 1. The van der Waals surface area contributed by atoms with Crippen LogP contribution in [-0.4, -0.2) is 75.4 Å². The summed E-state index contributed by atoms with van der Waals surface area (Å²) in [5, 5.41) is 21.4. The number of nitrogens with one attached hydrogen (secondary N) is 3. The van der Waals surface area contributed by atoms with Crippen molar-refractivity contribution >= 4 is 40.3 Å². The Bertz CT molecular complexity index is 1630. The van der Waals surface area contributed by atoms with Crippen LogP contribution in [0.1, 0.15) is 64.9 Å². The highest BCUT2D eigenvalue weighted by Crippen LogP contribution is 2.39. The molecule has 3 aromatic rings. The first kappa shape index (κ1) is 35.9. The third-order valence-electron chi connectivity index (χ3n) is 9.70. The molecule has 0 radical (unpaired) electrons. The topological polar surface area (TPSA) is 167 Å². The second-order valence-corrected chi connectivity index (χ2v) is 14.7. The molecular weight excluding hydrogens is 620 g/mol. The van der Waals surface area contributed by atoms with E-state index in [9.17, 15) is 24.3 Å². The highest BCUT2D eigenvalue weighted by molar-refractivity contribution is 6.08. The van der Waals surface area contributed by atoms with E-state index in [0.29, 0.717) is 23.9 Å². The summed E-state index contributed by atoms with van der Waals surface area (Å²) in [6, 6.07) is 19.0. The lowest BCUT2D eigenvalue weighted by Crippen LogP contribution is -2.60. The van der Waals surface area contributed by atoms with Gasteiger partial charge < -0.3 is 26.8 Å². The molecule has 1 aliphatic carbocycles. The molecule has 5 rings (SSSR count). The molecule has 0 spiro atoms. The molecule has 0 bridgehead atoms. The van der Waals surface area contributed by atoms with Gasteiger partial charge in [0.05, 0.1) is 23.7 Å². The molecule has 1 saturated heterocycles. The van der Waals surface area contributed by atoms with E-state index in [1.165, 1.54) is 6.42 Å². The number of carbonyl (C=O) groups is 4. The van der Waals surface area contributed by atoms with Crippen LogP contribution in [0.15, 0.2) is 66.7 Å². The first-order valence-electron chi connectivity index (χ1n) is 17.4. The smallest absolute Gasteiger partial charge is 0.238 e. The molecule has 2 aromatic carbocycles. The van der Waals surface area contributed by atoms with E-state index in [1.54, 1.807) is 12.1 Å². The lowest BCUT2D eigenvalue weighted by molar-refractivity contribution is -0.138. The second kappa shape index (κ2) is 15.9. The van der Waals surface area contributed by atoms with Crippen LogP contribution >= 0.6 is 0 Å². The van der Waals surface area contributed by atoms with Crippen LogP contribution in [0.4, 0.5) is 5.82 Å². The third-order valence-corrected chi connectivity index (χ3v) is 9.70. The fourth-order valence-electron chi connectivity index (χ4n) is 7.28. The minimum absolute atomic E-state index is 0.0622. The van der Waals surface area contributed by atoms with Crippen LogP contribution in [0.2, 0.25) is 0 Å². The van der Waals surface area contributed by atoms with Gasteiger partial charge in [-0.1, -0.05) is 67.8 Å². The first-order valence-corrected chi connectivity index (χ1v) is 17.4. The minimum Gasteiger partial charge on any atom is -0.390 e. The summed E-state index contributed by atoms with van der Waals surface area (Å²) >= 11 is 0. The van der Waals surface area contributed by atoms with E-state index < -0.39 is 53.8 Å². The summed E-state index contributed by atoms with van der Waals surface area (Å²) in [5.41, 5.74) is 6.63. The number of pyridine rings is 1. The van der Waals surface area contributed by atoms with E-state index in [4.69, 9.17) is 5.73 Å². The Balaban J connectivity index is 1.36. The standard InChI is InChI=1S/C38H50N6O5/c1-38(2,3)43-37(49)31-20-26-14-7-8-15-27(26)22-44(31)23-32(45)30(19-24-11-5-4-6-12-24)41-35(47)28(21-33(39)46)36(48)42-34-18-17-25-13-9-10-16-29(25)40-34/h4-6,9-13,16-18,26-28,30-32,45H,7-8,14-15,19-23H2,1-3H3,(H2,39,46)(H,41,47)(H,43,49)(H,40,42,48)/t26?,27?,28-,30-,31-,32+/m0/s1. The number of anilines is 1. The fourth-order valence-corrected chi connectivity index (χ4v) is 7.28. The van der Waals surface area contributed by atoms with Crippen molar-refractivity contribution in [2.45, 2.75) is 89.4 Å². The number of aromatic nitrogens is 1. The van der Waals surface area contributed by atoms with E-state index in [1.807, 2.05) is 75.4 Å². The lowest BCUT2D eigenvalue weighted by atomic mass is 9.72. The average Bonchev–Trinajstić information content (AvgIpc) is 3.06. The minimum atomic E-state index is -1.46. The molecule has 6 atom stereocenters. The Kier molecular flexibility index (Phi) is 11.7. The molecule has 49 heavy (non-hydrogen) atoms. The summed E-state index contributed by atoms with van der Waals surface area (Å²) in [7, 11) is 0. The first-order chi connectivity index (χ1) is 23.4. The molecule has 11 nitrogen and oxygen atoms in total. The molecular formula is C38H50N6O5. The Labute approximate surface area is 288 Å². The van der Waals surface area contributed by atoms with Gasteiger partial charge in [-0.25, -0.2) is 4.98 Å². The summed E-state index contributed by atoms with van der Waals surface area (Å²) in [4.78, 5) is 59.6. The second-order valence-electron chi connectivity index (χ2n) is 14.7. The molecule has 1 aliphatic heterocycles. The average molecular weight is 671 g/mol. The lowest BCUT2D eigenvalue weighted by Gasteiger charge is -2.47. The van der Waals surface area contributed by atoms with Crippen molar-refractivity contribution in [2.75, 3.05) is 18.4 Å². The van der Waals surface area contributed by atoms with Gasteiger partial charge in [-0.05, 0) is 75.6 Å². The Hall–Kier alpha value is -4.35. The zero-order valence-corrected chi connectivity index (χ0v) is 28.7. The van der Waals surface area contributed by atoms with Crippen molar-refractivity contribution in [3.8, 4) is 0 Å². The predicted octanol–water partition coefficient (Wildman–Crippen LogP) is 3.55. The molecule has 2 unspecified atom stereocenters. The van der Waals surface area contributed by atoms with Crippen molar-refractivity contribution in [3.63, 3.8) is 0 Å². The number of carbonyl (C=O) groups excluding carboxylic acids is 4. The maximum atomic E-state index is 13.8. The number of hydrogen-bond donors (Lipinski definition) is 5. The van der Waals surface area contributed by atoms with Crippen LogP contribution in [0.3, 0.4) is 0 Å². The summed E-state index contributed by atoms with van der Waals surface area (Å²) in [6.45, 7) is 6.70. The Morgan fingerprint density at radius 1 is 0.939 bits per heavy atom. The number of β-amino-alcohol motifs (C(OH)–C–C–N with tert-alkyl or cyclic N) is 1. The monoisotopic (exact) mass is 670 g/mol. The van der Waals surface area contributed by atoms with Gasteiger partial charge in [-0.15, -0.1) is 0 Å². The van der Waals surface area contributed by atoms with Crippen molar-refractivity contribution in [1.29, 1.82) is 0 Å². The normalized spacial score (nSPS) is 21.5. The SMILES string of the molecule is CC(C)(C)NC(=O)[C@@H]1CC2CCCCC2CN1C[C@@H](O)[C@H](Cc1ccccc1)NC(=O)[C@H](CC(N)=O)C(=O)Nc1ccc2ccccc2n1. The molecule has 1 aromatic heterocycles. The fraction of sp³-hybridized carbons (Fsp3) is 0.500. The number of hydrogen-bond acceptors (Lipinski definition) is 7. The van der Waals surface area contributed by atoms with Crippen molar-refractivity contribution in [3.05, 3.63) is 72.3 Å². The van der Waals surface area contributed by atoms with Gasteiger partial charge in [-0.3, -0.25) is 24.1 Å². The van der Waals surface area contributed by atoms with Crippen LogP contribution in [0.25, 0.3) is 10.9 Å². The molecule has 6 N–H and O–H groups in total. The molecule has 1 saturated carbocycles. The quantitative estimate of drug-likeness (QED) is 0.184. The number of aliphatic hydroxyl groups is 1. The number of rotatable bonds is 12. The predicted molar refractivity (Wildman–Crippen MR) is 189 cm³/mol. The summed E-state index contributed by atoms with van der Waals surface area (Å²) in [5.74, 6) is -2.66. The Morgan fingerprint density at radius 2 is 1.63 bits per heavy atom. The van der Waals surface area contributed by atoms with Gasteiger partial charge in [0.15, 0.2) is 0 Å². The van der Waals surface area contributed by atoms with E-state index in [2.05, 4.69) is 25.8 Å². The zero-order chi connectivity index (χ0) is 35.1. The van der Waals surface area contributed by atoms with Crippen molar-refractivity contribution in [2.24, 2.45) is 23.5 Å². The molecule has 4 amide bonds. The Morgan fingerprint density at radius 3 is 2.35 bits per heavy atom. The van der Waals surface area contributed by atoms with E-state index >= 15 is 0 Å². The molecule has 262 valence electrons. The maximum absolute atomic E-state index is 13.8. The molecule has 2 fully saturated rings. The van der Waals surface area contributed by atoms with Gasteiger partial charge in [0.1, 0.15) is 11.7 Å². The van der Waals surface area contributed by atoms with Crippen LogP contribution in [0, 0.1) is 17.8 Å². The van der Waals surface area contributed by atoms with Crippen LogP contribution < -0.4 is 21.7 Å². The number of amides is 4. The highest BCUT2D eigenvalue weighted by atomic mass is 16.3. The number of fused-ring (bicyclic) bond motifs is 2. The highest BCUT2D eigenvalue weighted by Gasteiger charge is 2.42. The molecule has 2 aliphatic rings. The van der Waals surface area contributed by atoms with Crippen molar-refractivity contribution in [1.82, 2.24) is 20.5 Å². The molecule has 2 heterocycles. The van der Waals surface area contributed by atoms with E-state index in [-0.39, 0.29) is 24.7 Å². The summed E-state index contributed by atoms with van der Waals surface area (Å²) < 4.78 is 0. The third kappa shape index (κ3) is 9.86. The van der Waals surface area contributed by atoms with Gasteiger partial charge in [0.25, 0.3) is 0 Å². The summed E-state index contributed by atoms with van der Waals surface area (Å²) in [6.07, 6.45) is 3.89. The van der Waals surface area contributed by atoms with Gasteiger partial charge in [-0.2, -0.15) is 0 Å². The number of nitrogens with two attached hydrogens (primary N) is 1. The number of benzene rings is 2. The number of piperidine rings is 1. The van der Waals surface area contributed by atoms with Gasteiger partial charge in [0, 0.05) is 30.4 Å². The number of aliphatic hydroxyl groups excluding tert-OH is 1. The molecule has 11 heteroatoms. The zero-order valence-electron chi connectivity index (χ0n) is 28.7. The van der Waals surface area contributed by atoms with Crippen LogP contribution in [0.5, 0.6) is 0 Å². The van der Waals surface area contributed by atoms with E-state index in [0.717, 1.165) is 36.6 Å². The number of nitrogens with zero attached hydrogens (tertiary/aromatic N) is 2. The number of primary amides is 1. The van der Waals surface area contributed by atoms with Crippen LogP contribution in [-0.2, 0) is 25.6 Å². The van der Waals surface area contributed by atoms with Gasteiger partial charge in [0.2, 0.25) is 23.6 Å². The number of likely N-dealkylation sites (tertiary alicyclic amines) is 1. The maximum Gasteiger partial charge on any atom is 0.238 e. The van der Waals surface area contributed by atoms with Crippen molar-refractivity contribution < 1.29 is 24.3 Å². The largest absolute Gasteiger partial charge is 0.390 e. The van der Waals surface area contributed by atoms with Gasteiger partial charge >= 0.3 is 0 Å².